The molecule has 0 unspecified atom stereocenters. The summed E-state index contributed by atoms with van der Waals surface area (Å²) in [4.78, 5) is 0. The molecule has 0 saturated carbocycles. The normalized spacial score (nSPS) is 12.6. The van der Waals surface area contributed by atoms with Gasteiger partial charge >= 0.3 is 0 Å². The molecule has 0 radical (unpaired) electrons. The van der Waals surface area contributed by atoms with Gasteiger partial charge < -0.3 is 9.73 Å². The molecule has 0 spiro atoms. The largest absolute Gasteiger partial charge is 0.468 e. The first-order valence-corrected chi connectivity index (χ1v) is 5.37. The zero-order valence-electron chi connectivity index (χ0n) is 9.41. The molecule has 1 aromatic heterocycles. The van der Waals surface area contributed by atoms with Crippen LogP contribution in [0.4, 0.5) is 8.78 Å². The van der Waals surface area contributed by atoms with Crippen LogP contribution in [0.3, 0.4) is 0 Å². The Bertz CT molecular complexity index is 482. The summed E-state index contributed by atoms with van der Waals surface area (Å²) in [6.07, 6.45) is 1.58. The van der Waals surface area contributed by atoms with Gasteiger partial charge in [0.2, 0.25) is 0 Å². The summed E-state index contributed by atoms with van der Waals surface area (Å²) in [6.45, 7) is 2.15. The molecular formula is C13H13F2NO. The van der Waals surface area contributed by atoms with Gasteiger partial charge in [0, 0.05) is 12.1 Å². The molecule has 0 bridgehead atoms. The Morgan fingerprint density at radius 3 is 2.82 bits per heavy atom. The fraction of sp³-hybridized carbons (Fsp3) is 0.231. The molecule has 0 aliphatic heterocycles. The molecule has 0 saturated heterocycles. The lowest BCUT2D eigenvalue weighted by molar-refractivity contribution is 0.426. The van der Waals surface area contributed by atoms with Crippen LogP contribution >= 0.6 is 0 Å². The maximum atomic E-state index is 13.3. The molecule has 0 aliphatic carbocycles. The van der Waals surface area contributed by atoms with Crippen molar-refractivity contribution in [1.82, 2.24) is 5.32 Å². The Labute approximate surface area is 98.3 Å². The molecule has 0 fully saturated rings. The number of hydrogen-bond acceptors (Lipinski definition) is 2. The van der Waals surface area contributed by atoms with Crippen molar-refractivity contribution in [2.75, 3.05) is 0 Å². The van der Waals surface area contributed by atoms with Gasteiger partial charge in [-0.05, 0) is 37.3 Å². The number of benzene rings is 1. The van der Waals surface area contributed by atoms with Crippen molar-refractivity contribution in [3.8, 4) is 0 Å². The highest BCUT2D eigenvalue weighted by Crippen LogP contribution is 2.15. The number of furan rings is 1. The number of rotatable bonds is 4. The van der Waals surface area contributed by atoms with E-state index in [4.69, 9.17) is 4.42 Å². The van der Waals surface area contributed by atoms with Crippen LogP contribution in [0.2, 0.25) is 0 Å². The van der Waals surface area contributed by atoms with E-state index in [9.17, 15) is 8.78 Å². The van der Waals surface area contributed by atoms with E-state index in [1.54, 1.807) is 12.3 Å². The average molecular weight is 237 g/mol. The standard InChI is InChI=1S/C13H13F2NO/c1-9(13-3-2-6-17-13)16-8-10-7-11(14)4-5-12(10)15/h2-7,9,16H,8H2,1H3/t9-/m1/s1. The van der Waals surface area contributed by atoms with Gasteiger partial charge in [0.15, 0.2) is 0 Å². The van der Waals surface area contributed by atoms with Crippen LogP contribution in [0.25, 0.3) is 0 Å². The number of halogens is 2. The van der Waals surface area contributed by atoms with E-state index in [2.05, 4.69) is 5.32 Å². The molecular weight excluding hydrogens is 224 g/mol. The first kappa shape index (κ1) is 11.8. The second kappa shape index (κ2) is 5.10. The molecule has 90 valence electrons. The van der Waals surface area contributed by atoms with Gasteiger partial charge in [-0.3, -0.25) is 0 Å². The van der Waals surface area contributed by atoms with E-state index < -0.39 is 11.6 Å². The summed E-state index contributed by atoms with van der Waals surface area (Å²) < 4.78 is 31.5. The molecule has 2 nitrogen and oxygen atoms in total. The van der Waals surface area contributed by atoms with Gasteiger partial charge in [-0.15, -0.1) is 0 Å². The smallest absolute Gasteiger partial charge is 0.127 e. The lowest BCUT2D eigenvalue weighted by Gasteiger charge is -2.11. The minimum atomic E-state index is -0.436. The number of hydrogen-bond donors (Lipinski definition) is 1. The molecule has 0 amide bonds. The van der Waals surface area contributed by atoms with E-state index >= 15 is 0 Å². The fourth-order valence-corrected chi connectivity index (χ4v) is 1.58. The second-order valence-electron chi connectivity index (χ2n) is 3.85. The van der Waals surface area contributed by atoms with Gasteiger partial charge in [0.1, 0.15) is 17.4 Å². The van der Waals surface area contributed by atoms with Crippen LogP contribution < -0.4 is 5.32 Å². The van der Waals surface area contributed by atoms with E-state index in [1.165, 1.54) is 6.07 Å². The first-order valence-electron chi connectivity index (χ1n) is 5.37. The van der Waals surface area contributed by atoms with Crippen molar-refractivity contribution in [2.45, 2.75) is 19.5 Å². The van der Waals surface area contributed by atoms with Crippen LogP contribution in [0.5, 0.6) is 0 Å². The minimum Gasteiger partial charge on any atom is -0.468 e. The summed E-state index contributed by atoms with van der Waals surface area (Å²) in [5.74, 6) is -0.0822. The Balaban J connectivity index is 2.00. The Hall–Kier alpha value is -1.68. The van der Waals surface area contributed by atoms with Crippen LogP contribution in [0.15, 0.2) is 41.0 Å². The van der Waals surface area contributed by atoms with Crippen LogP contribution in [0.1, 0.15) is 24.3 Å². The van der Waals surface area contributed by atoms with Crippen molar-refractivity contribution in [3.63, 3.8) is 0 Å². The van der Waals surface area contributed by atoms with Crippen LogP contribution in [-0.4, -0.2) is 0 Å². The third kappa shape index (κ3) is 2.91. The van der Waals surface area contributed by atoms with Gasteiger partial charge in [-0.2, -0.15) is 0 Å². The van der Waals surface area contributed by atoms with Gasteiger partial charge in [-0.25, -0.2) is 8.78 Å². The van der Waals surface area contributed by atoms with Gasteiger partial charge in [0.25, 0.3) is 0 Å². The molecule has 17 heavy (non-hydrogen) atoms. The van der Waals surface area contributed by atoms with Gasteiger partial charge in [0.05, 0.1) is 12.3 Å². The molecule has 1 heterocycles. The Morgan fingerprint density at radius 2 is 2.12 bits per heavy atom. The molecule has 2 rings (SSSR count). The lowest BCUT2D eigenvalue weighted by Crippen LogP contribution is -2.18. The van der Waals surface area contributed by atoms with Crippen molar-refractivity contribution in [2.24, 2.45) is 0 Å². The Kier molecular flexibility index (Phi) is 3.54. The van der Waals surface area contributed by atoms with E-state index in [-0.39, 0.29) is 12.6 Å². The SMILES string of the molecule is C[C@@H](NCc1cc(F)ccc1F)c1ccco1. The third-order valence-corrected chi connectivity index (χ3v) is 2.58. The van der Waals surface area contributed by atoms with Crippen LogP contribution in [-0.2, 0) is 6.54 Å². The predicted molar refractivity (Wildman–Crippen MR) is 60.3 cm³/mol. The summed E-state index contributed by atoms with van der Waals surface area (Å²) in [6, 6.07) is 7.00. The quantitative estimate of drug-likeness (QED) is 0.881. The minimum absolute atomic E-state index is 0.0485. The predicted octanol–water partition coefficient (Wildman–Crippen LogP) is 3.41. The highest BCUT2D eigenvalue weighted by atomic mass is 19.1. The van der Waals surface area contributed by atoms with E-state index in [0.29, 0.717) is 5.56 Å². The molecule has 1 N–H and O–H groups in total. The number of nitrogens with one attached hydrogen (secondary N) is 1. The average Bonchev–Trinajstić information content (AvgIpc) is 2.83. The lowest BCUT2D eigenvalue weighted by atomic mass is 10.2. The maximum absolute atomic E-state index is 13.3. The molecule has 4 heteroatoms. The van der Waals surface area contributed by atoms with Crippen LogP contribution in [0, 0.1) is 11.6 Å². The summed E-state index contributed by atoms with van der Waals surface area (Å²) in [7, 11) is 0. The van der Waals surface area contributed by atoms with E-state index in [0.717, 1.165) is 17.9 Å². The first-order chi connectivity index (χ1) is 8.16. The summed E-state index contributed by atoms with van der Waals surface area (Å²) in [5, 5.41) is 3.07. The molecule has 2 aromatic rings. The van der Waals surface area contributed by atoms with Crippen molar-refractivity contribution >= 4 is 0 Å². The van der Waals surface area contributed by atoms with E-state index in [1.807, 2.05) is 13.0 Å². The topological polar surface area (TPSA) is 25.2 Å². The highest BCUT2D eigenvalue weighted by molar-refractivity contribution is 5.18. The molecule has 0 aliphatic rings. The fourth-order valence-electron chi connectivity index (χ4n) is 1.58. The second-order valence-corrected chi connectivity index (χ2v) is 3.85. The Morgan fingerprint density at radius 1 is 1.29 bits per heavy atom. The molecule has 1 atom stereocenters. The van der Waals surface area contributed by atoms with Crippen molar-refractivity contribution in [3.05, 3.63) is 59.6 Å². The highest BCUT2D eigenvalue weighted by Gasteiger charge is 2.09. The summed E-state index contributed by atoms with van der Waals surface area (Å²) >= 11 is 0. The zero-order chi connectivity index (χ0) is 12.3. The van der Waals surface area contributed by atoms with Gasteiger partial charge in [-0.1, -0.05) is 0 Å². The summed E-state index contributed by atoms with van der Waals surface area (Å²) in [5.41, 5.74) is 0.309. The third-order valence-electron chi connectivity index (χ3n) is 2.58. The maximum Gasteiger partial charge on any atom is 0.127 e. The monoisotopic (exact) mass is 237 g/mol. The zero-order valence-corrected chi connectivity index (χ0v) is 9.41. The van der Waals surface area contributed by atoms with Crippen molar-refractivity contribution < 1.29 is 13.2 Å². The van der Waals surface area contributed by atoms with Crippen molar-refractivity contribution in [1.29, 1.82) is 0 Å². The molecule has 1 aromatic carbocycles.